The lowest BCUT2D eigenvalue weighted by Gasteiger charge is -2.16. The number of nitrogens with zero attached hydrogens (tertiary/aromatic N) is 5. The van der Waals surface area contributed by atoms with Gasteiger partial charge >= 0.3 is 0 Å². The summed E-state index contributed by atoms with van der Waals surface area (Å²) in [5, 5.41) is 12.0. The van der Waals surface area contributed by atoms with Gasteiger partial charge in [-0.1, -0.05) is 17.3 Å². The molecule has 0 saturated carbocycles. The van der Waals surface area contributed by atoms with Crippen LogP contribution < -0.4 is 5.32 Å². The van der Waals surface area contributed by atoms with Gasteiger partial charge in [0.15, 0.2) is 0 Å². The Labute approximate surface area is 168 Å². The van der Waals surface area contributed by atoms with Crippen LogP contribution in [0.15, 0.2) is 36.7 Å². The monoisotopic (exact) mass is 392 g/mol. The molecule has 0 spiro atoms. The van der Waals surface area contributed by atoms with Crippen molar-refractivity contribution in [1.29, 1.82) is 0 Å². The first-order valence-electron chi connectivity index (χ1n) is 9.86. The summed E-state index contributed by atoms with van der Waals surface area (Å²) in [5.74, 6) is -0.155. The van der Waals surface area contributed by atoms with Crippen LogP contribution in [0.2, 0.25) is 0 Å². The molecule has 1 atom stereocenters. The molecule has 3 aromatic rings. The van der Waals surface area contributed by atoms with Crippen molar-refractivity contribution in [1.82, 2.24) is 30.2 Å². The summed E-state index contributed by atoms with van der Waals surface area (Å²) in [6.07, 6.45) is 4.36. The van der Waals surface area contributed by atoms with Crippen LogP contribution in [0.4, 0.5) is 0 Å². The zero-order valence-corrected chi connectivity index (χ0v) is 16.6. The van der Waals surface area contributed by atoms with Gasteiger partial charge in [0.1, 0.15) is 0 Å². The van der Waals surface area contributed by atoms with Crippen LogP contribution in [0.1, 0.15) is 35.0 Å². The van der Waals surface area contributed by atoms with E-state index in [-0.39, 0.29) is 24.3 Å². The van der Waals surface area contributed by atoms with E-state index in [2.05, 4.69) is 20.6 Å². The van der Waals surface area contributed by atoms with Crippen molar-refractivity contribution < 1.29 is 9.59 Å². The Bertz CT molecular complexity index is 1060. The number of hydrogen-bond acceptors (Lipinski definition) is 5. The summed E-state index contributed by atoms with van der Waals surface area (Å²) >= 11 is 0. The molecular weight excluding hydrogens is 368 g/mol. The van der Waals surface area contributed by atoms with Gasteiger partial charge in [-0.15, -0.1) is 5.10 Å². The molecule has 2 aromatic heterocycles. The molecule has 8 heteroatoms. The molecule has 4 rings (SSSR count). The number of likely N-dealkylation sites (tertiary alicyclic amines) is 1. The van der Waals surface area contributed by atoms with Gasteiger partial charge in [-0.2, -0.15) is 0 Å². The molecule has 8 nitrogen and oxygen atoms in total. The average molecular weight is 392 g/mol. The second kappa shape index (κ2) is 7.98. The Kier molecular flexibility index (Phi) is 5.24. The number of hydrogen-bond donors (Lipinski definition) is 1. The molecule has 2 amide bonds. The van der Waals surface area contributed by atoms with Gasteiger partial charge < -0.3 is 10.2 Å². The maximum absolute atomic E-state index is 12.6. The SMILES string of the molecule is CCn1cc(CC(=O)N2CC[C@@H](NC(=O)c3cnc4cc(C)ccc4c3)C2)nn1. The largest absolute Gasteiger partial charge is 0.347 e. The Morgan fingerprint density at radius 1 is 1.28 bits per heavy atom. The van der Waals surface area contributed by atoms with E-state index < -0.39 is 0 Å². The number of rotatable bonds is 5. The first kappa shape index (κ1) is 19.0. The summed E-state index contributed by atoms with van der Waals surface area (Å²) in [7, 11) is 0. The number of benzene rings is 1. The van der Waals surface area contributed by atoms with Crippen molar-refractivity contribution in [2.75, 3.05) is 13.1 Å². The minimum Gasteiger partial charge on any atom is -0.347 e. The van der Waals surface area contributed by atoms with Crippen molar-refractivity contribution in [3.8, 4) is 0 Å². The highest BCUT2D eigenvalue weighted by molar-refractivity contribution is 5.97. The average Bonchev–Trinajstić information content (AvgIpc) is 3.37. The summed E-state index contributed by atoms with van der Waals surface area (Å²) in [6, 6.07) is 7.76. The van der Waals surface area contributed by atoms with E-state index in [1.165, 1.54) is 0 Å². The maximum Gasteiger partial charge on any atom is 0.253 e. The van der Waals surface area contributed by atoms with Crippen LogP contribution in [-0.4, -0.2) is 55.8 Å². The molecule has 150 valence electrons. The molecule has 1 fully saturated rings. The molecule has 1 N–H and O–H groups in total. The Morgan fingerprint density at radius 3 is 2.93 bits per heavy atom. The number of carbonyl (C=O) groups excluding carboxylic acids is 2. The van der Waals surface area contributed by atoms with Crippen molar-refractivity contribution in [3.05, 3.63) is 53.5 Å². The van der Waals surface area contributed by atoms with Crippen LogP contribution in [-0.2, 0) is 17.8 Å². The molecule has 1 saturated heterocycles. The molecule has 1 aliphatic rings. The Morgan fingerprint density at radius 2 is 2.14 bits per heavy atom. The third-order valence-electron chi connectivity index (χ3n) is 5.22. The number of aryl methyl sites for hydroxylation is 2. The van der Waals surface area contributed by atoms with Crippen LogP contribution in [0, 0.1) is 6.92 Å². The second-order valence-electron chi connectivity index (χ2n) is 7.46. The van der Waals surface area contributed by atoms with Crippen molar-refractivity contribution >= 4 is 22.7 Å². The van der Waals surface area contributed by atoms with Crippen LogP contribution in [0.3, 0.4) is 0 Å². The van der Waals surface area contributed by atoms with Gasteiger partial charge in [0.25, 0.3) is 5.91 Å². The summed E-state index contributed by atoms with van der Waals surface area (Å²) in [5.41, 5.74) is 3.21. The molecular formula is C21H24N6O2. The molecule has 0 unspecified atom stereocenters. The number of amides is 2. The van der Waals surface area contributed by atoms with E-state index in [4.69, 9.17) is 0 Å². The first-order chi connectivity index (χ1) is 14.0. The van der Waals surface area contributed by atoms with Gasteiger partial charge in [-0.25, -0.2) is 0 Å². The van der Waals surface area contributed by atoms with Crippen LogP contribution in [0.5, 0.6) is 0 Å². The van der Waals surface area contributed by atoms with Crippen molar-refractivity contribution in [2.45, 2.75) is 39.3 Å². The van der Waals surface area contributed by atoms with E-state index in [0.29, 0.717) is 24.3 Å². The topological polar surface area (TPSA) is 93.0 Å². The lowest BCUT2D eigenvalue weighted by Crippen LogP contribution is -2.38. The van der Waals surface area contributed by atoms with Gasteiger partial charge in [-0.3, -0.25) is 19.3 Å². The molecule has 1 aliphatic heterocycles. The van der Waals surface area contributed by atoms with Gasteiger partial charge in [0.05, 0.1) is 23.2 Å². The van der Waals surface area contributed by atoms with E-state index in [1.807, 2.05) is 38.1 Å². The first-order valence-corrected chi connectivity index (χ1v) is 9.86. The molecule has 0 radical (unpaired) electrons. The number of carbonyl (C=O) groups is 2. The Balaban J connectivity index is 1.35. The maximum atomic E-state index is 12.6. The standard InChI is InChI=1S/C21H24N6O2/c1-3-27-13-18(24-25-27)10-20(28)26-7-6-17(12-26)23-21(29)16-9-15-5-4-14(2)8-19(15)22-11-16/h4-5,8-9,11,13,17H,3,6-7,10,12H2,1-2H3,(H,23,29)/t17-/m1/s1. The van der Waals surface area contributed by atoms with Crippen molar-refractivity contribution in [2.24, 2.45) is 0 Å². The van der Waals surface area contributed by atoms with E-state index >= 15 is 0 Å². The third-order valence-corrected chi connectivity index (χ3v) is 5.22. The molecule has 1 aromatic carbocycles. The lowest BCUT2D eigenvalue weighted by molar-refractivity contribution is -0.129. The fraction of sp³-hybridized carbons (Fsp3) is 0.381. The number of pyridine rings is 1. The van der Waals surface area contributed by atoms with Crippen molar-refractivity contribution in [3.63, 3.8) is 0 Å². The smallest absolute Gasteiger partial charge is 0.253 e. The zero-order chi connectivity index (χ0) is 20.4. The van der Waals surface area contributed by atoms with Gasteiger partial charge in [-0.05, 0) is 38.0 Å². The minimum absolute atomic E-state index is 0.00708. The third kappa shape index (κ3) is 4.26. The van der Waals surface area contributed by atoms with Gasteiger partial charge in [0.2, 0.25) is 5.91 Å². The fourth-order valence-corrected chi connectivity index (χ4v) is 3.57. The summed E-state index contributed by atoms with van der Waals surface area (Å²) < 4.78 is 1.70. The Hall–Kier alpha value is -3.29. The van der Waals surface area contributed by atoms with E-state index in [9.17, 15) is 9.59 Å². The molecule has 0 aliphatic carbocycles. The van der Waals surface area contributed by atoms with Gasteiger partial charge in [0, 0.05) is 43.5 Å². The zero-order valence-electron chi connectivity index (χ0n) is 16.6. The summed E-state index contributed by atoms with van der Waals surface area (Å²) in [6.45, 7) is 5.84. The number of aromatic nitrogens is 4. The van der Waals surface area contributed by atoms with E-state index in [1.54, 1.807) is 22.0 Å². The highest BCUT2D eigenvalue weighted by Crippen LogP contribution is 2.16. The molecule has 0 bridgehead atoms. The number of nitrogens with one attached hydrogen (secondary N) is 1. The van der Waals surface area contributed by atoms with Crippen LogP contribution >= 0.6 is 0 Å². The quantitative estimate of drug-likeness (QED) is 0.714. The predicted molar refractivity (Wildman–Crippen MR) is 108 cm³/mol. The molecule has 3 heterocycles. The predicted octanol–water partition coefficient (Wildman–Crippen LogP) is 1.73. The normalized spacial score (nSPS) is 16.3. The molecule has 29 heavy (non-hydrogen) atoms. The minimum atomic E-state index is -0.162. The fourth-order valence-electron chi connectivity index (χ4n) is 3.57. The lowest BCUT2D eigenvalue weighted by atomic mass is 10.1. The summed E-state index contributed by atoms with van der Waals surface area (Å²) in [4.78, 5) is 31.3. The second-order valence-corrected chi connectivity index (χ2v) is 7.46. The van der Waals surface area contributed by atoms with E-state index in [0.717, 1.165) is 29.4 Å². The van der Waals surface area contributed by atoms with Crippen LogP contribution in [0.25, 0.3) is 10.9 Å². The highest BCUT2D eigenvalue weighted by atomic mass is 16.2. The highest BCUT2D eigenvalue weighted by Gasteiger charge is 2.28. The number of fused-ring (bicyclic) bond motifs is 1.